The number of hydrogen-bond donors (Lipinski definition) is 3. The molecule has 4 amide bonds. The van der Waals surface area contributed by atoms with E-state index in [0.29, 0.717) is 57.1 Å². The van der Waals surface area contributed by atoms with Gasteiger partial charge in [0.2, 0.25) is 5.91 Å². The molecule has 2 saturated heterocycles. The molecule has 0 bridgehead atoms. The minimum absolute atomic E-state index is 0.114. The Hall–Kier alpha value is -4.91. The zero-order valence-corrected chi connectivity index (χ0v) is 25.6. The van der Waals surface area contributed by atoms with Crippen molar-refractivity contribution in [3.63, 3.8) is 0 Å². The Morgan fingerprint density at radius 2 is 1.76 bits per heavy atom. The third-order valence-corrected chi connectivity index (χ3v) is 7.84. The number of piperidine rings is 1. The number of urea groups is 1. The van der Waals surface area contributed by atoms with E-state index in [-0.39, 0.29) is 29.7 Å². The monoisotopic (exact) mass is 640 g/mol. The molecular weight excluding hydrogens is 605 g/mol. The number of fused-ring (bicyclic) bond motifs is 1. The van der Waals surface area contributed by atoms with Gasteiger partial charge in [-0.15, -0.1) is 5.10 Å². The van der Waals surface area contributed by atoms with Crippen LogP contribution in [0.3, 0.4) is 0 Å². The first-order valence-electron chi connectivity index (χ1n) is 15.0. The first-order valence-corrected chi connectivity index (χ1v) is 15.0. The van der Waals surface area contributed by atoms with Crippen LogP contribution in [0.15, 0.2) is 24.5 Å². The van der Waals surface area contributed by atoms with Gasteiger partial charge in [-0.1, -0.05) is 5.92 Å². The van der Waals surface area contributed by atoms with E-state index < -0.39 is 23.7 Å². The van der Waals surface area contributed by atoms with Crippen molar-refractivity contribution in [2.45, 2.75) is 38.9 Å². The Labute approximate surface area is 263 Å². The number of nitrogens with one attached hydrogen (secondary N) is 3. The van der Waals surface area contributed by atoms with Crippen molar-refractivity contribution in [2.24, 2.45) is 0 Å². The summed E-state index contributed by atoms with van der Waals surface area (Å²) in [5.74, 6) is 4.31. The lowest BCUT2D eigenvalue weighted by atomic mass is 10.1. The van der Waals surface area contributed by atoms with Gasteiger partial charge in [0.1, 0.15) is 11.3 Å². The number of pyridine rings is 1. The van der Waals surface area contributed by atoms with Crippen molar-refractivity contribution >= 4 is 35.0 Å². The van der Waals surface area contributed by atoms with E-state index in [4.69, 9.17) is 0 Å². The van der Waals surface area contributed by atoms with E-state index in [1.807, 2.05) is 6.07 Å². The van der Waals surface area contributed by atoms with E-state index in [1.54, 1.807) is 22.5 Å². The summed E-state index contributed by atoms with van der Waals surface area (Å²) >= 11 is 0. The highest BCUT2D eigenvalue weighted by Crippen LogP contribution is 2.38. The maximum atomic E-state index is 14.3. The third kappa shape index (κ3) is 7.65. The van der Waals surface area contributed by atoms with Crippen LogP contribution in [0.2, 0.25) is 0 Å². The fourth-order valence-electron chi connectivity index (χ4n) is 5.53. The minimum Gasteiger partial charge on any atom is -0.355 e. The average Bonchev–Trinajstić information content (AvgIpc) is 3.46. The lowest BCUT2D eigenvalue weighted by molar-refractivity contribution is -0.137. The van der Waals surface area contributed by atoms with Gasteiger partial charge in [0, 0.05) is 65.3 Å². The number of halogens is 3. The molecule has 244 valence electrons. The molecule has 0 aliphatic carbocycles. The summed E-state index contributed by atoms with van der Waals surface area (Å²) < 4.78 is 44.4. The number of anilines is 2. The summed E-state index contributed by atoms with van der Waals surface area (Å²) in [6, 6.07) is 2.03. The largest absolute Gasteiger partial charge is 0.417 e. The second-order valence-corrected chi connectivity index (χ2v) is 11.0. The maximum absolute atomic E-state index is 14.3. The van der Waals surface area contributed by atoms with Gasteiger partial charge in [0.15, 0.2) is 11.6 Å². The maximum Gasteiger partial charge on any atom is 0.417 e. The van der Waals surface area contributed by atoms with Gasteiger partial charge in [-0.3, -0.25) is 19.8 Å². The lowest BCUT2D eigenvalue weighted by Crippen LogP contribution is -2.50. The molecule has 3 N–H and O–H groups in total. The standard InChI is InChI=1S/C30H35F3N10O3/c1-3-7-25(44)36-17-26(45)41-12-10-40(11-13-41)18-20-14-23-28(42-8-5-4-6-9-42)38-27(39-43(23)19-20)21-16-35-24(37-29(46)34-2)15-22(21)30(31,32)33/h14-16,19H,4-6,8-13,17-18H2,1-2H3,(H,36,44)(H2,34,35,37,46). The lowest BCUT2D eigenvalue weighted by Gasteiger charge is -2.34. The quantitative estimate of drug-likeness (QED) is 0.335. The highest BCUT2D eigenvalue weighted by Gasteiger charge is 2.36. The number of piperazine rings is 1. The Balaban J connectivity index is 1.40. The number of rotatable bonds is 7. The number of carbonyl (C=O) groups is 3. The van der Waals surface area contributed by atoms with Crippen molar-refractivity contribution in [3.05, 3.63) is 35.7 Å². The van der Waals surface area contributed by atoms with E-state index in [9.17, 15) is 27.6 Å². The molecule has 0 saturated carbocycles. The van der Waals surface area contributed by atoms with Gasteiger partial charge in [-0.05, 0) is 49.8 Å². The van der Waals surface area contributed by atoms with Crippen LogP contribution in [0.1, 0.15) is 37.3 Å². The smallest absolute Gasteiger partial charge is 0.355 e. The topological polar surface area (TPSA) is 140 Å². The summed E-state index contributed by atoms with van der Waals surface area (Å²) in [6.45, 7) is 5.59. The molecule has 5 heterocycles. The predicted molar refractivity (Wildman–Crippen MR) is 164 cm³/mol. The molecule has 0 radical (unpaired) electrons. The van der Waals surface area contributed by atoms with E-state index in [0.717, 1.165) is 37.1 Å². The molecule has 0 atom stereocenters. The molecule has 2 aliphatic heterocycles. The van der Waals surface area contributed by atoms with Gasteiger partial charge in [-0.25, -0.2) is 19.3 Å². The molecule has 16 heteroatoms. The van der Waals surface area contributed by atoms with Crippen LogP contribution in [-0.4, -0.2) is 100 Å². The van der Waals surface area contributed by atoms with Crippen LogP contribution < -0.4 is 20.9 Å². The van der Waals surface area contributed by atoms with Gasteiger partial charge in [0.05, 0.1) is 17.7 Å². The summed E-state index contributed by atoms with van der Waals surface area (Å²) in [5.41, 5.74) is 0.258. The molecular formula is C30H35F3N10O3. The van der Waals surface area contributed by atoms with Gasteiger partial charge < -0.3 is 20.4 Å². The predicted octanol–water partition coefficient (Wildman–Crippen LogP) is 2.34. The second-order valence-electron chi connectivity index (χ2n) is 11.0. The summed E-state index contributed by atoms with van der Waals surface area (Å²) in [7, 11) is 1.35. The zero-order chi connectivity index (χ0) is 32.8. The number of hydrogen-bond acceptors (Lipinski definition) is 8. The number of carbonyl (C=O) groups excluding carboxylic acids is 3. The Morgan fingerprint density at radius 1 is 1.02 bits per heavy atom. The van der Waals surface area contributed by atoms with E-state index in [2.05, 4.69) is 52.7 Å². The van der Waals surface area contributed by atoms with Crippen LogP contribution in [0.5, 0.6) is 0 Å². The SMILES string of the molecule is CC#CC(=O)NCC(=O)N1CCN(Cc2cc3c(N4CCCCC4)nc(-c4cnc(NC(=O)NC)cc4C(F)(F)F)nn3c2)CC1. The van der Waals surface area contributed by atoms with Crippen molar-refractivity contribution in [2.75, 3.05) is 63.1 Å². The van der Waals surface area contributed by atoms with Gasteiger partial charge in [0.25, 0.3) is 5.91 Å². The molecule has 2 aliphatic rings. The molecule has 0 aromatic carbocycles. The summed E-state index contributed by atoms with van der Waals surface area (Å²) in [5, 5.41) is 11.6. The third-order valence-electron chi connectivity index (χ3n) is 7.84. The van der Waals surface area contributed by atoms with Crippen molar-refractivity contribution < 1.29 is 27.6 Å². The normalized spacial score (nSPS) is 15.7. The fourth-order valence-corrected chi connectivity index (χ4v) is 5.53. The first-order chi connectivity index (χ1) is 22.0. The van der Waals surface area contributed by atoms with Crippen molar-refractivity contribution in [3.8, 4) is 23.2 Å². The molecule has 3 aromatic rings. The molecule has 2 fully saturated rings. The highest BCUT2D eigenvalue weighted by molar-refractivity contribution is 5.95. The Morgan fingerprint density at radius 3 is 2.43 bits per heavy atom. The summed E-state index contributed by atoms with van der Waals surface area (Å²) in [6.07, 6.45) is 0.995. The van der Waals surface area contributed by atoms with E-state index >= 15 is 0 Å². The zero-order valence-electron chi connectivity index (χ0n) is 25.6. The number of nitrogens with zero attached hydrogens (tertiary/aromatic N) is 7. The van der Waals surface area contributed by atoms with Gasteiger partial charge >= 0.3 is 12.2 Å². The minimum atomic E-state index is -4.76. The molecule has 0 spiro atoms. The summed E-state index contributed by atoms with van der Waals surface area (Å²) in [4.78, 5) is 50.4. The van der Waals surface area contributed by atoms with Crippen LogP contribution in [0.4, 0.5) is 29.6 Å². The molecule has 3 aromatic heterocycles. The average molecular weight is 641 g/mol. The fraction of sp³-hybridized carbons (Fsp3) is 0.467. The Bertz CT molecular complexity index is 1670. The molecule has 13 nitrogen and oxygen atoms in total. The van der Waals surface area contributed by atoms with Gasteiger partial charge in [-0.2, -0.15) is 13.2 Å². The number of alkyl halides is 3. The first kappa shape index (κ1) is 32.5. The number of aromatic nitrogens is 4. The highest BCUT2D eigenvalue weighted by atomic mass is 19.4. The number of amides is 4. The second kappa shape index (κ2) is 14.0. The molecule has 0 unspecified atom stereocenters. The van der Waals surface area contributed by atoms with Crippen molar-refractivity contribution in [1.29, 1.82) is 0 Å². The van der Waals surface area contributed by atoms with E-state index in [1.165, 1.54) is 7.05 Å². The van der Waals surface area contributed by atoms with Crippen molar-refractivity contribution in [1.82, 2.24) is 40.0 Å². The van der Waals surface area contributed by atoms with Crippen LogP contribution >= 0.6 is 0 Å². The van der Waals surface area contributed by atoms with Crippen LogP contribution in [0.25, 0.3) is 16.9 Å². The molecule has 5 rings (SSSR count). The van der Waals surface area contributed by atoms with Crippen LogP contribution in [-0.2, 0) is 22.3 Å². The molecule has 46 heavy (non-hydrogen) atoms. The van der Waals surface area contributed by atoms with Crippen LogP contribution in [0, 0.1) is 11.8 Å². The Kier molecular flexibility index (Phi) is 9.90.